The maximum Gasteiger partial charge on any atom is 0.250 e. The summed E-state index contributed by atoms with van der Waals surface area (Å²) in [5, 5.41) is 0.248. The van der Waals surface area contributed by atoms with Crippen LogP contribution in [0, 0.1) is 0 Å². The van der Waals surface area contributed by atoms with E-state index in [9.17, 15) is 0 Å². The van der Waals surface area contributed by atoms with Crippen LogP contribution in [0.3, 0.4) is 0 Å². The van der Waals surface area contributed by atoms with E-state index in [-0.39, 0.29) is 5.04 Å². The van der Waals surface area contributed by atoms with Gasteiger partial charge in [0.25, 0.3) is 0 Å². The van der Waals surface area contributed by atoms with Crippen molar-refractivity contribution in [1.82, 2.24) is 0 Å². The highest BCUT2D eigenvalue weighted by Gasteiger charge is 2.38. The molecule has 0 radical (unpaired) electrons. The Kier molecular flexibility index (Phi) is 3.81. The molecule has 90 valence electrons. The van der Waals surface area contributed by atoms with Gasteiger partial charge in [-0.3, -0.25) is 0 Å². The molecule has 1 aromatic rings. The molecule has 0 aliphatic heterocycles. The molecule has 0 bridgehead atoms. The van der Waals surface area contributed by atoms with Crippen molar-refractivity contribution in [2.75, 3.05) is 0 Å². The molecule has 1 aromatic carbocycles. The second-order valence-electron chi connectivity index (χ2n) is 5.76. The lowest BCUT2D eigenvalue weighted by Crippen LogP contribution is -2.47. The van der Waals surface area contributed by atoms with Crippen LogP contribution in [0.2, 0.25) is 18.1 Å². The first-order valence-electron chi connectivity index (χ1n) is 5.83. The van der Waals surface area contributed by atoms with Crippen molar-refractivity contribution in [3.63, 3.8) is 0 Å². The highest BCUT2D eigenvalue weighted by Crippen LogP contribution is 2.37. The minimum absolute atomic E-state index is 0.248. The predicted octanol–water partition coefficient (Wildman–Crippen LogP) is 2.81. The van der Waals surface area contributed by atoms with E-state index in [4.69, 9.17) is 4.43 Å². The fraction of sp³-hybridized carbons (Fsp3) is 0.538. The minimum Gasteiger partial charge on any atom is -0.544 e. The van der Waals surface area contributed by atoms with Gasteiger partial charge < -0.3 is 10.2 Å². The van der Waals surface area contributed by atoms with Gasteiger partial charge in [-0.2, -0.15) is 0 Å². The van der Waals surface area contributed by atoms with Crippen molar-refractivity contribution >= 4 is 8.32 Å². The molecule has 2 nitrogen and oxygen atoms in total. The van der Waals surface area contributed by atoms with Gasteiger partial charge in [0.05, 0.1) is 6.54 Å². The lowest BCUT2D eigenvalue weighted by Gasteiger charge is -2.36. The van der Waals surface area contributed by atoms with E-state index in [1.807, 2.05) is 0 Å². The summed E-state index contributed by atoms with van der Waals surface area (Å²) in [5.41, 5.74) is 5.12. The third-order valence-corrected chi connectivity index (χ3v) is 7.75. The standard InChI is InChI=1S/C13H23NOSi/c1-13(2,3)16(4,5)15-12-8-6-11(10-14)7-9-12/h6-9H,10,14H2,1-5H3/p+1. The molecule has 0 amide bonds. The molecule has 0 heterocycles. The Morgan fingerprint density at radius 1 is 1.12 bits per heavy atom. The number of benzene rings is 1. The Morgan fingerprint density at radius 2 is 1.62 bits per heavy atom. The molecule has 3 N–H and O–H groups in total. The fourth-order valence-corrected chi connectivity index (χ4v) is 2.20. The first kappa shape index (κ1) is 13.3. The van der Waals surface area contributed by atoms with Crippen LogP contribution in [0.25, 0.3) is 0 Å². The van der Waals surface area contributed by atoms with Gasteiger partial charge in [-0.05, 0) is 42.4 Å². The van der Waals surface area contributed by atoms with Gasteiger partial charge in [0.15, 0.2) is 0 Å². The number of hydrogen-bond donors (Lipinski definition) is 1. The Hall–Kier alpha value is -0.803. The van der Waals surface area contributed by atoms with Crippen LogP contribution >= 0.6 is 0 Å². The summed E-state index contributed by atoms with van der Waals surface area (Å²) in [6.45, 7) is 12.1. The molecule has 16 heavy (non-hydrogen) atoms. The van der Waals surface area contributed by atoms with Gasteiger partial charge in [-0.1, -0.05) is 20.8 Å². The molecular weight excluding hydrogens is 214 g/mol. The molecule has 0 aromatic heterocycles. The predicted molar refractivity (Wildman–Crippen MR) is 70.9 cm³/mol. The van der Waals surface area contributed by atoms with Gasteiger partial charge in [0.2, 0.25) is 8.32 Å². The van der Waals surface area contributed by atoms with E-state index >= 15 is 0 Å². The molecule has 0 unspecified atom stereocenters. The van der Waals surface area contributed by atoms with Crippen LogP contribution in [0.4, 0.5) is 0 Å². The molecule has 0 saturated carbocycles. The molecule has 0 saturated heterocycles. The topological polar surface area (TPSA) is 36.9 Å². The Morgan fingerprint density at radius 3 is 2.00 bits per heavy atom. The largest absolute Gasteiger partial charge is 0.544 e. The average Bonchev–Trinajstić information content (AvgIpc) is 2.16. The van der Waals surface area contributed by atoms with Crippen molar-refractivity contribution in [2.24, 2.45) is 0 Å². The maximum absolute atomic E-state index is 6.18. The Bertz CT molecular complexity index is 338. The van der Waals surface area contributed by atoms with E-state index in [2.05, 4.69) is 63.9 Å². The van der Waals surface area contributed by atoms with Crippen molar-refractivity contribution in [1.29, 1.82) is 0 Å². The van der Waals surface area contributed by atoms with Crippen molar-refractivity contribution in [3.05, 3.63) is 29.8 Å². The van der Waals surface area contributed by atoms with Gasteiger partial charge in [0.1, 0.15) is 5.75 Å². The fourth-order valence-electron chi connectivity index (χ4n) is 1.17. The molecule has 1 rings (SSSR count). The van der Waals surface area contributed by atoms with Gasteiger partial charge in [-0.25, -0.2) is 0 Å². The first-order valence-corrected chi connectivity index (χ1v) is 8.74. The van der Waals surface area contributed by atoms with E-state index in [0.29, 0.717) is 0 Å². The summed E-state index contributed by atoms with van der Waals surface area (Å²) >= 11 is 0. The van der Waals surface area contributed by atoms with Crippen molar-refractivity contribution in [3.8, 4) is 5.75 Å². The van der Waals surface area contributed by atoms with Gasteiger partial charge >= 0.3 is 0 Å². The second-order valence-corrected chi connectivity index (χ2v) is 10.5. The molecule has 0 spiro atoms. The van der Waals surface area contributed by atoms with Crippen LogP contribution in [0.1, 0.15) is 26.3 Å². The summed E-state index contributed by atoms with van der Waals surface area (Å²) in [6, 6.07) is 8.30. The zero-order chi connectivity index (χ0) is 12.4. The Balaban J connectivity index is 2.80. The quantitative estimate of drug-likeness (QED) is 0.808. The van der Waals surface area contributed by atoms with Crippen LogP contribution in [0.5, 0.6) is 5.75 Å². The lowest BCUT2D eigenvalue weighted by molar-refractivity contribution is -0.386. The SMILES string of the molecule is CC(C)(C)[Si](C)(C)Oc1ccc(C[NH3+])cc1. The molecule has 3 heteroatoms. The minimum atomic E-state index is -1.69. The van der Waals surface area contributed by atoms with E-state index < -0.39 is 8.32 Å². The van der Waals surface area contributed by atoms with Gasteiger partial charge in [-0.15, -0.1) is 0 Å². The van der Waals surface area contributed by atoms with Crippen molar-refractivity contribution < 1.29 is 10.2 Å². The second kappa shape index (κ2) is 4.59. The molecule has 0 fully saturated rings. The molecule has 0 aliphatic carbocycles. The first-order chi connectivity index (χ1) is 7.26. The Labute approximate surface area is 99.9 Å². The van der Waals surface area contributed by atoms with Crippen molar-refractivity contribution in [2.45, 2.75) is 45.4 Å². The maximum atomic E-state index is 6.18. The monoisotopic (exact) mass is 238 g/mol. The third-order valence-electron chi connectivity index (χ3n) is 3.39. The van der Waals surface area contributed by atoms with E-state index in [1.54, 1.807) is 0 Å². The number of quaternary nitrogens is 1. The molecular formula is C13H24NOSi+. The number of rotatable bonds is 3. The average molecular weight is 238 g/mol. The van der Waals surface area contributed by atoms with E-state index in [1.165, 1.54) is 5.56 Å². The normalized spacial score (nSPS) is 12.6. The highest BCUT2D eigenvalue weighted by atomic mass is 28.4. The summed E-state index contributed by atoms with van der Waals surface area (Å²) in [7, 11) is -1.69. The third kappa shape index (κ3) is 3.09. The van der Waals surface area contributed by atoms with Crippen LogP contribution < -0.4 is 10.2 Å². The molecule has 0 atom stereocenters. The molecule has 0 aliphatic rings. The van der Waals surface area contributed by atoms with Crippen LogP contribution in [-0.2, 0) is 6.54 Å². The summed E-state index contributed by atoms with van der Waals surface area (Å²) in [4.78, 5) is 0. The number of hydrogen-bond acceptors (Lipinski definition) is 1. The summed E-state index contributed by atoms with van der Waals surface area (Å²) < 4.78 is 6.18. The summed E-state index contributed by atoms with van der Waals surface area (Å²) in [5.74, 6) is 0.990. The van der Waals surface area contributed by atoms with Crippen LogP contribution in [-0.4, -0.2) is 8.32 Å². The smallest absolute Gasteiger partial charge is 0.250 e. The lowest BCUT2D eigenvalue weighted by atomic mass is 10.2. The summed E-state index contributed by atoms with van der Waals surface area (Å²) in [6.07, 6.45) is 0. The highest BCUT2D eigenvalue weighted by molar-refractivity contribution is 6.74. The van der Waals surface area contributed by atoms with Gasteiger partial charge in [0, 0.05) is 5.56 Å². The zero-order valence-corrected chi connectivity index (χ0v) is 12.1. The van der Waals surface area contributed by atoms with Crippen LogP contribution in [0.15, 0.2) is 24.3 Å². The van der Waals surface area contributed by atoms with E-state index in [0.717, 1.165) is 12.3 Å². The zero-order valence-electron chi connectivity index (χ0n) is 11.1.